The molecule has 2 aliphatic heterocycles. The van der Waals surface area contributed by atoms with Gasteiger partial charge < -0.3 is 14.6 Å². The lowest BCUT2D eigenvalue weighted by atomic mass is 9.94. The number of benzene rings is 1. The highest BCUT2D eigenvalue weighted by Crippen LogP contribution is 2.34. The molecule has 0 saturated carbocycles. The Balaban J connectivity index is 1.43. The summed E-state index contributed by atoms with van der Waals surface area (Å²) in [6.07, 6.45) is 2.26. The van der Waals surface area contributed by atoms with Gasteiger partial charge in [0.1, 0.15) is 11.4 Å². The highest BCUT2D eigenvalue weighted by Gasteiger charge is 2.43. The Hall–Kier alpha value is -2.35. The van der Waals surface area contributed by atoms with Crippen LogP contribution in [0.15, 0.2) is 23.0 Å². The van der Waals surface area contributed by atoms with Crippen molar-refractivity contribution in [2.24, 2.45) is 0 Å². The van der Waals surface area contributed by atoms with E-state index in [0.29, 0.717) is 24.1 Å². The predicted molar refractivity (Wildman–Crippen MR) is 113 cm³/mol. The molecule has 1 unspecified atom stereocenters. The minimum atomic E-state index is -0.500. The monoisotopic (exact) mass is 418 g/mol. The number of fused-ring (bicyclic) bond motifs is 1. The maximum atomic E-state index is 13.7. The molecule has 2 aromatic rings. The lowest BCUT2D eigenvalue weighted by Gasteiger charge is -2.43. The Morgan fingerprint density at radius 2 is 1.93 bits per heavy atom. The van der Waals surface area contributed by atoms with Crippen molar-refractivity contribution in [2.45, 2.75) is 64.1 Å². The first-order valence-corrected chi connectivity index (χ1v) is 10.7. The SMILES string of the molecule is CC(C)(C)OC(=O)N1CCC(C)(N2CCC(n3c(=O)[nH]c4ccc(F)cc43)CC2)C1. The average molecular weight is 419 g/mol. The van der Waals surface area contributed by atoms with Crippen molar-refractivity contribution < 1.29 is 13.9 Å². The molecule has 2 aliphatic rings. The molecule has 0 radical (unpaired) electrons. The van der Waals surface area contributed by atoms with E-state index >= 15 is 0 Å². The van der Waals surface area contributed by atoms with Gasteiger partial charge in [0.05, 0.1) is 11.0 Å². The fraction of sp³-hybridized carbons (Fsp3) is 0.636. The number of hydrogen-bond donors (Lipinski definition) is 1. The average Bonchev–Trinajstić information content (AvgIpc) is 3.21. The number of H-pyrrole nitrogens is 1. The number of rotatable bonds is 2. The lowest BCUT2D eigenvalue weighted by molar-refractivity contribution is 0.0221. The van der Waals surface area contributed by atoms with Crippen LogP contribution in [0.4, 0.5) is 9.18 Å². The highest BCUT2D eigenvalue weighted by molar-refractivity contribution is 5.75. The third-order valence-electron chi connectivity index (χ3n) is 6.38. The van der Waals surface area contributed by atoms with E-state index in [1.165, 1.54) is 12.1 Å². The quantitative estimate of drug-likeness (QED) is 0.810. The van der Waals surface area contributed by atoms with Gasteiger partial charge >= 0.3 is 11.8 Å². The van der Waals surface area contributed by atoms with Crippen LogP contribution < -0.4 is 5.69 Å². The van der Waals surface area contributed by atoms with Gasteiger partial charge in [-0.25, -0.2) is 14.0 Å². The molecule has 0 aliphatic carbocycles. The van der Waals surface area contributed by atoms with Gasteiger partial charge in [0, 0.05) is 37.8 Å². The number of halogens is 1. The van der Waals surface area contributed by atoms with E-state index in [-0.39, 0.29) is 29.2 Å². The molecule has 2 fully saturated rings. The molecular weight excluding hydrogens is 387 g/mol. The fourth-order valence-corrected chi connectivity index (χ4v) is 4.81. The van der Waals surface area contributed by atoms with Gasteiger partial charge in [-0.2, -0.15) is 0 Å². The molecule has 1 amide bonds. The number of piperidine rings is 1. The van der Waals surface area contributed by atoms with E-state index < -0.39 is 5.60 Å². The number of nitrogens with one attached hydrogen (secondary N) is 1. The molecule has 8 heteroatoms. The van der Waals surface area contributed by atoms with E-state index in [4.69, 9.17) is 4.74 Å². The van der Waals surface area contributed by atoms with Crippen molar-refractivity contribution in [3.8, 4) is 0 Å². The minimum Gasteiger partial charge on any atom is -0.444 e. The molecule has 1 aromatic carbocycles. The van der Waals surface area contributed by atoms with Crippen LogP contribution in [-0.2, 0) is 4.74 Å². The van der Waals surface area contributed by atoms with Crippen LogP contribution >= 0.6 is 0 Å². The maximum absolute atomic E-state index is 13.7. The van der Waals surface area contributed by atoms with Crippen LogP contribution in [0.5, 0.6) is 0 Å². The van der Waals surface area contributed by atoms with Crippen LogP contribution in [0.25, 0.3) is 11.0 Å². The zero-order valence-corrected chi connectivity index (χ0v) is 18.2. The smallest absolute Gasteiger partial charge is 0.410 e. The van der Waals surface area contributed by atoms with Gasteiger partial charge in [-0.05, 0) is 65.2 Å². The second kappa shape index (κ2) is 7.41. The van der Waals surface area contributed by atoms with Crippen LogP contribution in [0.1, 0.15) is 53.0 Å². The number of imidazole rings is 1. The van der Waals surface area contributed by atoms with E-state index in [9.17, 15) is 14.0 Å². The molecule has 7 nitrogen and oxygen atoms in total. The standard InChI is InChI=1S/C22H31FN4O3/c1-21(2,3)30-20(29)25-12-9-22(4,14-25)26-10-7-16(8-11-26)27-18-13-15(23)5-6-17(18)24-19(27)28/h5-6,13,16H,7-12,14H2,1-4H3,(H,24,28). The molecule has 1 atom stereocenters. The normalized spacial score (nSPS) is 24.0. The van der Waals surface area contributed by atoms with Gasteiger partial charge in [-0.15, -0.1) is 0 Å². The maximum Gasteiger partial charge on any atom is 0.410 e. The van der Waals surface area contributed by atoms with E-state index in [1.54, 1.807) is 15.5 Å². The number of ether oxygens (including phenoxy) is 1. The third-order valence-corrected chi connectivity index (χ3v) is 6.38. The van der Waals surface area contributed by atoms with E-state index in [2.05, 4.69) is 16.8 Å². The van der Waals surface area contributed by atoms with Gasteiger partial charge in [0.2, 0.25) is 0 Å². The molecule has 2 saturated heterocycles. The number of amides is 1. The largest absolute Gasteiger partial charge is 0.444 e. The Bertz CT molecular complexity index is 1000. The van der Waals surface area contributed by atoms with Crippen molar-refractivity contribution in [1.82, 2.24) is 19.4 Å². The fourth-order valence-electron chi connectivity index (χ4n) is 4.81. The van der Waals surface area contributed by atoms with Gasteiger partial charge in [0.25, 0.3) is 0 Å². The summed E-state index contributed by atoms with van der Waals surface area (Å²) in [5.41, 5.74) is 0.512. The molecule has 1 N–H and O–H groups in total. The number of hydrogen-bond acceptors (Lipinski definition) is 4. The van der Waals surface area contributed by atoms with Crippen LogP contribution in [0.2, 0.25) is 0 Å². The first kappa shape index (κ1) is 20.9. The lowest BCUT2D eigenvalue weighted by Crippen LogP contribution is -2.52. The number of aromatic nitrogens is 2. The first-order chi connectivity index (χ1) is 14.1. The van der Waals surface area contributed by atoms with E-state index in [1.807, 2.05) is 20.8 Å². The topological polar surface area (TPSA) is 70.6 Å². The van der Waals surface area contributed by atoms with Crippen LogP contribution in [-0.4, -0.2) is 62.8 Å². The molecule has 1 aromatic heterocycles. The summed E-state index contributed by atoms with van der Waals surface area (Å²) in [4.78, 5) is 32.0. The third kappa shape index (κ3) is 3.97. The van der Waals surface area contributed by atoms with Gasteiger partial charge in [-0.3, -0.25) is 9.47 Å². The molecule has 0 bridgehead atoms. The summed E-state index contributed by atoms with van der Waals surface area (Å²) in [6.45, 7) is 10.8. The van der Waals surface area contributed by atoms with Crippen LogP contribution in [0, 0.1) is 5.82 Å². The molecule has 30 heavy (non-hydrogen) atoms. The Morgan fingerprint density at radius 1 is 1.23 bits per heavy atom. The Kier molecular flexibility index (Phi) is 5.16. The summed E-state index contributed by atoms with van der Waals surface area (Å²) in [5, 5.41) is 0. The van der Waals surface area contributed by atoms with Crippen molar-refractivity contribution in [1.29, 1.82) is 0 Å². The summed E-state index contributed by atoms with van der Waals surface area (Å²) in [7, 11) is 0. The number of aromatic amines is 1. The molecule has 0 spiro atoms. The van der Waals surface area contributed by atoms with E-state index in [0.717, 1.165) is 32.4 Å². The van der Waals surface area contributed by atoms with Crippen molar-refractivity contribution >= 4 is 17.1 Å². The van der Waals surface area contributed by atoms with Crippen LogP contribution in [0.3, 0.4) is 0 Å². The van der Waals surface area contributed by atoms with Gasteiger partial charge in [-0.1, -0.05) is 0 Å². The number of likely N-dealkylation sites (tertiary alicyclic amines) is 2. The Morgan fingerprint density at radius 3 is 2.60 bits per heavy atom. The number of carbonyl (C=O) groups is 1. The molecule has 4 rings (SSSR count). The number of nitrogens with zero attached hydrogens (tertiary/aromatic N) is 3. The summed E-state index contributed by atoms with van der Waals surface area (Å²) >= 11 is 0. The zero-order chi connectivity index (χ0) is 21.7. The van der Waals surface area contributed by atoms with Gasteiger partial charge in [0.15, 0.2) is 0 Å². The predicted octanol–water partition coefficient (Wildman–Crippen LogP) is 3.51. The van der Waals surface area contributed by atoms with Crippen molar-refractivity contribution in [3.63, 3.8) is 0 Å². The van der Waals surface area contributed by atoms with Crippen molar-refractivity contribution in [3.05, 3.63) is 34.5 Å². The summed E-state index contributed by atoms with van der Waals surface area (Å²) in [6, 6.07) is 4.44. The molecule has 164 valence electrons. The summed E-state index contributed by atoms with van der Waals surface area (Å²) in [5.74, 6) is -0.339. The zero-order valence-electron chi connectivity index (χ0n) is 18.2. The second-order valence-corrected chi connectivity index (χ2v) is 9.83. The first-order valence-electron chi connectivity index (χ1n) is 10.7. The van der Waals surface area contributed by atoms with Crippen molar-refractivity contribution in [2.75, 3.05) is 26.2 Å². The number of carbonyl (C=O) groups excluding carboxylic acids is 1. The minimum absolute atomic E-state index is 0.0382. The second-order valence-electron chi connectivity index (χ2n) is 9.83. The summed E-state index contributed by atoms with van der Waals surface area (Å²) < 4.78 is 21.0. The highest BCUT2D eigenvalue weighted by atomic mass is 19.1. The Labute approximate surface area is 175 Å². The molecular formula is C22H31FN4O3. The molecule has 3 heterocycles.